The highest BCUT2D eigenvalue weighted by Gasteiger charge is 2.75. The highest BCUT2D eigenvalue weighted by molar-refractivity contribution is 5.24. The number of likely N-dealkylation sites (N-methyl/N-ethyl adjacent to an activating group) is 2. The summed E-state index contributed by atoms with van der Waals surface area (Å²) in [5, 5.41) is 6.22. The van der Waals surface area contributed by atoms with Crippen LogP contribution in [0.5, 0.6) is 0 Å². The van der Waals surface area contributed by atoms with Crippen molar-refractivity contribution in [2.24, 2.45) is 17.8 Å². The summed E-state index contributed by atoms with van der Waals surface area (Å²) in [6.07, 6.45) is 15.7. The molecule has 0 aliphatic rings. The van der Waals surface area contributed by atoms with E-state index in [0.717, 1.165) is 91.4 Å². The highest BCUT2D eigenvalue weighted by Crippen LogP contribution is 2.54. The molecule has 0 aromatic rings. The van der Waals surface area contributed by atoms with Gasteiger partial charge in [0.05, 0.1) is 5.54 Å². The van der Waals surface area contributed by atoms with Crippen molar-refractivity contribution >= 4 is 0 Å². The summed E-state index contributed by atoms with van der Waals surface area (Å²) in [6.45, 7) is 60.2. The van der Waals surface area contributed by atoms with E-state index in [4.69, 9.17) is 0 Å². The van der Waals surface area contributed by atoms with Crippen LogP contribution in [0.25, 0.3) is 0 Å². The van der Waals surface area contributed by atoms with E-state index in [1.165, 1.54) is 70.6 Å². The maximum Gasteiger partial charge on any atom is 0.179 e. The monoisotopic (exact) mass is 879 g/mol. The molecule has 0 aliphatic heterocycles. The Balaban J connectivity index is 10.8. The summed E-state index contributed by atoms with van der Waals surface area (Å²) in [4.78, 5) is 18.2. The van der Waals surface area contributed by atoms with E-state index in [9.17, 15) is 0 Å². The molecule has 0 saturated heterocycles. The molecule has 0 fully saturated rings. The molecule has 8 nitrogen and oxygen atoms in total. The summed E-state index contributed by atoms with van der Waals surface area (Å²) >= 11 is 0. The smallest absolute Gasteiger partial charge is 0.179 e. The van der Waals surface area contributed by atoms with E-state index >= 15 is 0 Å². The molecule has 8 heteroatoms. The van der Waals surface area contributed by atoms with Crippen LogP contribution < -0.4 is 0 Å². The van der Waals surface area contributed by atoms with Crippen LogP contribution in [0.2, 0.25) is 0 Å². The van der Waals surface area contributed by atoms with Gasteiger partial charge in [-0.1, -0.05) is 135 Å². The maximum absolute atomic E-state index is 3.20. The number of rotatable bonds is 40. The third kappa shape index (κ3) is 16.5. The zero-order valence-corrected chi connectivity index (χ0v) is 46.6. The quantitative estimate of drug-likeness (QED) is 0.0341. The van der Waals surface area contributed by atoms with E-state index in [0.29, 0.717) is 29.8 Å². The van der Waals surface area contributed by atoms with Crippen LogP contribution in [-0.4, -0.2) is 161 Å². The first-order chi connectivity index (χ1) is 29.3. The Bertz CT molecular complexity index is 1020. The molecular formula is C54H118N8. The van der Waals surface area contributed by atoms with Gasteiger partial charge in [-0.05, 0) is 138 Å². The molecule has 0 aliphatic carbocycles. The first kappa shape index (κ1) is 61.7. The molecule has 374 valence electrons. The van der Waals surface area contributed by atoms with Crippen molar-refractivity contribution < 1.29 is 0 Å². The van der Waals surface area contributed by atoms with Crippen molar-refractivity contribution in [3.63, 3.8) is 0 Å². The van der Waals surface area contributed by atoms with Crippen molar-refractivity contribution in [3.05, 3.63) is 0 Å². The van der Waals surface area contributed by atoms with Gasteiger partial charge in [0.1, 0.15) is 5.66 Å². The van der Waals surface area contributed by atoms with E-state index in [1.807, 2.05) is 0 Å². The summed E-state index contributed by atoms with van der Waals surface area (Å²) < 4.78 is 0. The Hall–Kier alpha value is -0.320. The Morgan fingerprint density at radius 2 is 0.855 bits per heavy atom. The standard InChI is InChI=1S/C54H118N8/c1-22-30-34-41-60(42-35-31-23-2)61(43-36-47(9)10)54(58(39-32-24-3)40-33-25-4,59(44-48(11)12)45-49(13)14)53(57(37-26-5)38-27-6,62(50(15)16)51(17)18)52(19,46-55(20)21)56(28-7)29-8/h47-51H,22-46H2,1-21H3. The fourth-order valence-corrected chi connectivity index (χ4v) is 11.6. The lowest BCUT2D eigenvalue weighted by Crippen LogP contribution is -2.97. The molecule has 0 spiro atoms. The van der Waals surface area contributed by atoms with Gasteiger partial charge in [-0.15, -0.1) is 0 Å². The topological polar surface area (TPSA) is 25.9 Å². The van der Waals surface area contributed by atoms with E-state index in [1.54, 1.807) is 0 Å². The van der Waals surface area contributed by atoms with Gasteiger partial charge >= 0.3 is 0 Å². The fourth-order valence-electron chi connectivity index (χ4n) is 11.6. The molecule has 0 radical (unpaired) electrons. The number of unbranched alkanes of at least 4 members (excludes halogenated alkanes) is 6. The van der Waals surface area contributed by atoms with Gasteiger partial charge in [-0.2, -0.15) is 0 Å². The summed E-state index contributed by atoms with van der Waals surface area (Å²) in [6, 6.07) is 0.588. The van der Waals surface area contributed by atoms with Crippen molar-refractivity contribution in [2.75, 3.05) is 92.6 Å². The minimum absolute atomic E-state index is 0.294. The lowest BCUT2D eigenvalue weighted by atomic mass is 9.70. The van der Waals surface area contributed by atoms with Crippen LogP contribution in [0.4, 0.5) is 0 Å². The minimum Gasteiger partial charge on any atom is -0.307 e. The second-order valence-corrected chi connectivity index (χ2v) is 21.6. The van der Waals surface area contributed by atoms with Gasteiger partial charge in [0.2, 0.25) is 0 Å². The van der Waals surface area contributed by atoms with Gasteiger partial charge in [0.25, 0.3) is 0 Å². The molecule has 0 N–H and O–H groups in total. The average Bonchev–Trinajstić information content (AvgIpc) is 3.17. The van der Waals surface area contributed by atoms with Gasteiger partial charge in [-0.3, -0.25) is 24.5 Å². The Kier molecular flexibility index (Phi) is 32.2. The molecule has 62 heavy (non-hydrogen) atoms. The summed E-state index contributed by atoms with van der Waals surface area (Å²) in [7, 11) is 4.75. The third-order valence-corrected chi connectivity index (χ3v) is 13.5. The molecule has 0 bridgehead atoms. The van der Waals surface area contributed by atoms with Crippen molar-refractivity contribution in [2.45, 2.75) is 244 Å². The molecule has 0 aromatic carbocycles. The molecule has 0 amide bonds. The predicted molar refractivity (Wildman–Crippen MR) is 279 cm³/mol. The van der Waals surface area contributed by atoms with Crippen LogP contribution in [0.3, 0.4) is 0 Å². The van der Waals surface area contributed by atoms with Gasteiger partial charge in [-0.25, -0.2) is 10.0 Å². The number of hydrogen-bond donors (Lipinski definition) is 0. The van der Waals surface area contributed by atoms with E-state index < -0.39 is 11.4 Å². The van der Waals surface area contributed by atoms with Crippen LogP contribution in [-0.2, 0) is 0 Å². The van der Waals surface area contributed by atoms with Crippen molar-refractivity contribution in [1.29, 1.82) is 0 Å². The molecular weight excluding hydrogens is 761 g/mol. The lowest BCUT2D eigenvalue weighted by molar-refractivity contribution is -0.374. The first-order valence-electron chi connectivity index (χ1n) is 27.3. The van der Waals surface area contributed by atoms with Gasteiger partial charge in [0, 0.05) is 64.4 Å². The highest BCUT2D eigenvalue weighted by atomic mass is 15.8. The van der Waals surface area contributed by atoms with Crippen LogP contribution in [0.15, 0.2) is 0 Å². The first-order valence-corrected chi connectivity index (χ1v) is 27.3. The van der Waals surface area contributed by atoms with Gasteiger partial charge in [0.15, 0.2) is 5.79 Å². The third-order valence-electron chi connectivity index (χ3n) is 13.5. The molecule has 3 atom stereocenters. The maximum atomic E-state index is 3.20. The SMILES string of the molecule is CCCCCN(CCCCC)N(CCC(C)C)C(N(CCCC)CCCC)(N(CC(C)C)CC(C)C)C(N(CCC)CCC)(N(C(C)C)C(C)C)C(C)(CN(C)C)N(CC)CC. The predicted octanol–water partition coefficient (Wildman–Crippen LogP) is 12.7. The number of hydrogen-bond acceptors (Lipinski definition) is 8. The van der Waals surface area contributed by atoms with Crippen molar-refractivity contribution in [1.82, 2.24) is 39.4 Å². The lowest BCUT2D eigenvalue weighted by Gasteiger charge is -2.77. The second-order valence-electron chi connectivity index (χ2n) is 21.6. The zero-order chi connectivity index (χ0) is 47.7. The Morgan fingerprint density at radius 1 is 0.419 bits per heavy atom. The largest absolute Gasteiger partial charge is 0.307 e. The van der Waals surface area contributed by atoms with Crippen LogP contribution in [0.1, 0.15) is 215 Å². The summed E-state index contributed by atoms with van der Waals surface area (Å²) in [5.41, 5.74) is -0.836. The number of nitrogens with zero attached hydrogens (tertiary/aromatic N) is 8. The molecule has 0 aromatic heterocycles. The second kappa shape index (κ2) is 32.4. The summed E-state index contributed by atoms with van der Waals surface area (Å²) in [5.74, 6) is 1.03. The molecule has 0 rings (SSSR count). The molecule has 3 unspecified atom stereocenters. The molecule has 0 heterocycles. The van der Waals surface area contributed by atoms with E-state index in [2.05, 4.69) is 185 Å². The minimum atomic E-state index is -0.550. The van der Waals surface area contributed by atoms with Crippen LogP contribution in [0, 0.1) is 17.8 Å². The fraction of sp³-hybridized carbons (Fsp3) is 1.00. The zero-order valence-electron chi connectivity index (χ0n) is 46.6. The number of hydrazine groups is 1. The average molecular weight is 880 g/mol. The van der Waals surface area contributed by atoms with Gasteiger partial charge < -0.3 is 4.90 Å². The van der Waals surface area contributed by atoms with Crippen LogP contribution >= 0.6 is 0 Å². The Labute approximate surface area is 392 Å². The Morgan fingerprint density at radius 3 is 1.18 bits per heavy atom. The molecule has 0 saturated carbocycles. The normalized spacial score (nSPS) is 16.2. The van der Waals surface area contributed by atoms with E-state index in [-0.39, 0.29) is 5.54 Å². The van der Waals surface area contributed by atoms with Crippen molar-refractivity contribution in [3.8, 4) is 0 Å².